The second kappa shape index (κ2) is 8.24. The number of hydrogen-bond donors (Lipinski definition) is 2. The standard InChI is InChI=1S/C21H12ClF4N3OS/c1-9-12(22)8-28-21-17(9)11(7-27-21)20(30)18-14(25)4-5-15(19(18)26)29-31-16-6-10(23)2-3-13(16)24/h2-8,29H,1H3,(H,27,28). The molecule has 0 aliphatic rings. The molecule has 0 spiro atoms. The molecule has 10 heteroatoms. The van der Waals surface area contributed by atoms with Crippen molar-refractivity contribution >= 4 is 46.1 Å². The molecule has 2 aromatic carbocycles. The number of carbonyl (C=O) groups is 1. The lowest BCUT2D eigenvalue weighted by Gasteiger charge is -2.11. The average Bonchev–Trinajstić information content (AvgIpc) is 3.17. The fraction of sp³-hybridized carbons (Fsp3) is 0.0476. The first-order chi connectivity index (χ1) is 14.8. The molecule has 0 aliphatic heterocycles. The second-order valence-electron chi connectivity index (χ2n) is 6.55. The number of nitrogens with zero attached hydrogens (tertiary/aromatic N) is 1. The van der Waals surface area contributed by atoms with E-state index in [1.165, 1.54) is 12.4 Å². The van der Waals surface area contributed by atoms with Gasteiger partial charge in [0.2, 0.25) is 5.78 Å². The van der Waals surface area contributed by atoms with Crippen molar-refractivity contribution in [3.8, 4) is 0 Å². The summed E-state index contributed by atoms with van der Waals surface area (Å²) in [4.78, 5) is 19.8. The van der Waals surface area contributed by atoms with Gasteiger partial charge >= 0.3 is 0 Å². The number of H-pyrrole nitrogens is 1. The second-order valence-corrected chi connectivity index (χ2v) is 7.80. The van der Waals surface area contributed by atoms with Crippen LogP contribution in [0.15, 0.2) is 47.6 Å². The first-order valence-electron chi connectivity index (χ1n) is 8.80. The number of rotatable bonds is 5. The van der Waals surface area contributed by atoms with Gasteiger partial charge in [-0.05, 0) is 54.8 Å². The topological polar surface area (TPSA) is 57.8 Å². The minimum atomic E-state index is -1.17. The lowest BCUT2D eigenvalue weighted by molar-refractivity contribution is 0.103. The molecular weight excluding hydrogens is 454 g/mol. The Kier molecular flexibility index (Phi) is 5.63. The number of benzene rings is 2. The Bertz CT molecular complexity index is 1340. The monoisotopic (exact) mass is 465 g/mol. The molecule has 0 bridgehead atoms. The van der Waals surface area contributed by atoms with Crippen LogP contribution in [0.3, 0.4) is 0 Å². The number of aromatic nitrogens is 2. The van der Waals surface area contributed by atoms with E-state index in [0.717, 1.165) is 30.3 Å². The van der Waals surface area contributed by atoms with Crippen LogP contribution in [0.25, 0.3) is 11.0 Å². The fourth-order valence-corrected chi connectivity index (χ4v) is 3.91. The predicted octanol–water partition coefficient (Wildman–Crippen LogP) is 6.43. The van der Waals surface area contributed by atoms with Gasteiger partial charge in [0.05, 0.1) is 26.7 Å². The molecule has 0 radical (unpaired) electrons. The SMILES string of the molecule is Cc1c(Cl)cnc2[nH]cc(C(=O)c3c(F)ccc(NSc4cc(F)ccc4F)c3F)c12. The smallest absolute Gasteiger partial charge is 0.201 e. The van der Waals surface area contributed by atoms with E-state index in [2.05, 4.69) is 14.7 Å². The molecule has 0 aliphatic carbocycles. The Balaban J connectivity index is 1.72. The molecule has 2 N–H and O–H groups in total. The summed E-state index contributed by atoms with van der Waals surface area (Å²) in [7, 11) is 0. The highest BCUT2D eigenvalue weighted by molar-refractivity contribution is 8.00. The molecule has 4 nitrogen and oxygen atoms in total. The Morgan fingerprint density at radius 1 is 1.13 bits per heavy atom. The predicted molar refractivity (Wildman–Crippen MR) is 111 cm³/mol. The Labute approximate surface area is 182 Å². The third kappa shape index (κ3) is 3.86. The van der Waals surface area contributed by atoms with Crippen molar-refractivity contribution in [3.63, 3.8) is 0 Å². The van der Waals surface area contributed by atoms with Gasteiger partial charge in [0, 0.05) is 17.8 Å². The van der Waals surface area contributed by atoms with Crippen LogP contribution >= 0.6 is 23.5 Å². The highest BCUT2D eigenvalue weighted by Gasteiger charge is 2.25. The molecular formula is C21H12ClF4N3OS. The number of nitrogens with one attached hydrogen (secondary N) is 2. The van der Waals surface area contributed by atoms with Crippen LogP contribution < -0.4 is 4.72 Å². The molecule has 0 saturated carbocycles. The lowest BCUT2D eigenvalue weighted by atomic mass is 10.00. The molecule has 4 aromatic rings. The minimum absolute atomic E-state index is 0.00118. The molecule has 0 unspecified atom stereocenters. The highest BCUT2D eigenvalue weighted by Crippen LogP contribution is 2.32. The number of ketones is 1. The largest absolute Gasteiger partial charge is 0.345 e. The number of aryl methyl sites for hydroxylation is 1. The van der Waals surface area contributed by atoms with E-state index in [1.807, 2.05) is 0 Å². The number of halogens is 5. The maximum atomic E-state index is 15.1. The summed E-state index contributed by atoms with van der Waals surface area (Å²) < 4.78 is 59.2. The zero-order valence-corrected chi connectivity index (χ0v) is 17.3. The van der Waals surface area contributed by atoms with Crippen LogP contribution in [0, 0.1) is 30.2 Å². The van der Waals surface area contributed by atoms with Crippen molar-refractivity contribution in [3.05, 3.63) is 87.7 Å². The summed E-state index contributed by atoms with van der Waals surface area (Å²) in [5.74, 6) is -4.56. The van der Waals surface area contributed by atoms with Gasteiger partial charge in [-0.1, -0.05) is 11.6 Å². The minimum Gasteiger partial charge on any atom is -0.345 e. The van der Waals surface area contributed by atoms with Gasteiger partial charge in [0.1, 0.15) is 23.1 Å². The van der Waals surface area contributed by atoms with Gasteiger partial charge in [0.25, 0.3) is 0 Å². The van der Waals surface area contributed by atoms with Crippen LogP contribution in [0.1, 0.15) is 21.5 Å². The summed E-state index contributed by atoms with van der Waals surface area (Å²) in [5, 5.41) is 0.650. The van der Waals surface area contributed by atoms with E-state index in [1.54, 1.807) is 6.92 Å². The zero-order valence-electron chi connectivity index (χ0n) is 15.7. The molecule has 4 rings (SSSR count). The van der Waals surface area contributed by atoms with Crippen LogP contribution in [-0.2, 0) is 0 Å². The van der Waals surface area contributed by atoms with E-state index in [4.69, 9.17) is 11.6 Å². The molecule has 0 fully saturated rings. The highest BCUT2D eigenvalue weighted by atomic mass is 35.5. The van der Waals surface area contributed by atoms with Crippen molar-refractivity contribution in [1.29, 1.82) is 0 Å². The molecule has 2 heterocycles. The Morgan fingerprint density at radius 2 is 1.87 bits per heavy atom. The van der Waals surface area contributed by atoms with E-state index in [-0.39, 0.29) is 16.1 Å². The number of anilines is 1. The summed E-state index contributed by atoms with van der Waals surface area (Å²) in [6.45, 7) is 1.66. The number of aromatic amines is 1. The Morgan fingerprint density at radius 3 is 2.65 bits per heavy atom. The third-order valence-electron chi connectivity index (χ3n) is 4.63. The van der Waals surface area contributed by atoms with Crippen molar-refractivity contribution < 1.29 is 22.4 Å². The summed E-state index contributed by atoms with van der Waals surface area (Å²) >= 11 is 6.66. The van der Waals surface area contributed by atoms with Gasteiger partial charge in [-0.2, -0.15) is 0 Å². The van der Waals surface area contributed by atoms with Crippen molar-refractivity contribution in [1.82, 2.24) is 9.97 Å². The molecule has 31 heavy (non-hydrogen) atoms. The fourth-order valence-electron chi connectivity index (χ4n) is 3.05. The molecule has 0 atom stereocenters. The molecule has 2 aromatic heterocycles. The molecule has 0 saturated heterocycles. The quantitative estimate of drug-likeness (QED) is 0.202. The summed E-state index contributed by atoms with van der Waals surface area (Å²) in [6.07, 6.45) is 2.71. The first kappa shape index (κ1) is 21.2. The van der Waals surface area contributed by atoms with E-state index < -0.39 is 34.6 Å². The van der Waals surface area contributed by atoms with Crippen LogP contribution in [0.5, 0.6) is 0 Å². The van der Waals surface area contributed by atoms with Gasteiger partial charge in [-0.25, -0.2) is 22.5 Å². The first-order valence-corrected chi connectivity index (χ1v) is 10.00. The van der Waals surface area contributed by atoms with Crippen LogP contribution in [0.2, 0.25) is 5.02 Å². The van der Waals surface area contributed by atoms with Crippen LogP contribution in [0.4, 0.5) is 23.2 Å². The molecule has 0 amide bonds. The van der Waals surface area contributed by atoms with Crippen LogP contribution in [-0.4, -0.2) is 15.8 Å². The van der Waals surface area contributed by atoms with E-state index in [0.29, 0.717) is 33.6 Å². The maximum Gasteiger partial charge on any atom is 0.201 e. The third-order valence-corrected chi connectivity index (χ3v) is 5.86. The summed E-state index contributed by atoms with van der Waals surface area (Å²) in [5.41, 5.74) is -0.195. The van der Waals surface area contributed by atoms with Gasteiger partial charge in [-0.15, -0.1) is 0 Å². The van der Waals surface area contributed by atoms with E-state index >= 15 is 4.39 Å². The normalized spacial score (nSPS) is 11.2. The van der Waals surface area contributed by atoms with Crippen molar-refractivity contribution in [2.24, 2.45) is 0 Å². The number of carbonyl (C=O) groups excluding carboxylic acids is 1. The number of pyridine rings is 1. The van der Waals surface area contributed by atoms with Gasteiger partial charge < -0.3 is 9.71 Å². The van der Waals surface area contributed by atoms with Crippen molar-refractivity contribution in [2.75, 3.05) is 4.72 Å². The lowest BCUT2D eigenvalue weighted by Crippen LogP contribution is -2.09. The average molecular weight is 466 g/mol. The maximum absolute atomic E-state index is 15.1. The van der Waals surface area contributed by atoms with Gasteiger partial charge in [-0.3, -0.25) is 4.79 Å². The zero-order chi connectivity index (χ0) is 22.3. The summed E-state index contributed by atoms with van der Waals surface area (Å²) in [6, 6.07) is 4.76. The Hall–Kier alpha value is -3.04. The van der Waals surface area contributed by atoms with E-state index in [9.17, 15) is 18.0 Å². The number of fused-ring (bicyclic) bond motifs is 1. The van der Waals surface area contributed by atoms with Crippen molar-refractivity contribution in [2.45, 2.75) is 11.8 Å². The molecule has 158 valence electrons. The number of hydrogen-bond acceptors (Lipinski definition) is 4. The van der Waals surface area contributed by atoms with Gasteiger partial charge in [0.15, 0.2) is 5.82 Å².